The minimum Gasteiger partial charge on any atom is -0.481 e. The van der Waals surface area contributed by atoms with Crippen LogP contribution in [0, 0.1) is 0 Å². The highest BCUT2D eigenvalue weighted by Gasteiger charge is 2.17. The number of hydrogen-bond acceptors (Lipinski definition) is 5. The summed E-state index contributed by atoms with van der Waals surface area (Å²) in [7, 11) is 0. The Kier molecular flexibility index (Phi) is 6.49. The van der Waals surface area contributed by atoms with Gasteiger partial charge in [0.05, 0.1) is 0 Å². The molecule has 0 unspecified atom stereocenters. The zero-order chi connectivity index (χ0) is 17.5. The largest absolute Gasteiger partial charge is 0.481 e. The third-order valence-electron chi connectivity index (χ3n) is 2.58. The smallest absolute Gasteiger partial charge is 0.408 e. The van der Waals surface area contributed by atoms with Crippen molar-refractivity contribution in [1.29, 1.82) is 0 Å². The van der Waals surface area contributed by atoms with E-state index in [0.717, 1.165) is 0 Å². The number of pyridine rings is 1. The van der Waals surface area contributed by atoms with Crippen LogP contribution in [0.2, 0.25) is 0 Å². The number of carbonyl (C=O) groups excluding carboxylic acids is 2. The SMILES string of the molecule is CC(C)(C)OC(=O)NCC(=O)Nc1ccncc1CCC(=O)O. The van der Waals surface area contributed by atoms with Crippen molar-refractivity contribution in [2.75, 3.05) is 11.9 Å². The van der Waals surface area contributed by atoms with Crippen molar-refractivity contribution in [3.05, 3.63) is 24.0 Å². The van der Waals surface area contributed by atoms with Crippen LogP contribution in [0.4, 0.5) is 10.5 Å². The zero-order valence-corrected chi connectivity index (χ0v) is 13.4. The van der Waals surface area contributed by atoms with Gasteiger partial charge in [0.1, 0.15) is 12.1 Å². The van der Waals surface area contributed by atoms with Crippen molar-refractivity contribution in [3.8, 4) is 0 Å². The maximum Gasteiger partial charge on any atom is 0.408 e. The molecule has 0 radical (unpaired) electrons. The molecule has 0 spiro atoms. The van der Waals surface area contributed by atoms with E-state index in [1.54, 1.807) is 26.8 Å². The van der Waals surface area contributed by atoms with E-state index >= 15 is 0 Å². The Labute approximate surface area is 134 Å². The first-order chi connectivity index (χ1) is 10.7. The Morgan fingerprint density at radius 1 is 1.30 bits per heavy atom. The molecule has 126 valence electrons. The normalized spacial score (nSPS) is 10.7. The number of aromatic nitrogens is 1. The van der Waals surface area contributed by atoms with Gasteiger partial charge in [0, 0.05) is 24.5 Å². The molecule has 0 aliphatic carbocycles. The van der Waals surface area contributed by atoms with Crippen LogP contribution in [0.5, 0.6) is 0 Å². The molecule has 0 fully saturated rings. The van der Waals surface area contributed by atoms with Gasteiger partial charge in [-0.15, -0.1) is 0 Å². The average Bonchev–Trinajstić information content (AvgIpc) is 2.42. The van der Waals surface area contributed by atoms with Gasteiger partial charge in [-0.1, -0.05) is 0 Å². The van der Waals surface area contributed by atoms with E-state index in [1.165, 1.54) is 12.4 Å². The van der Waals surface area contributed by atoms with Crippen molar-refractivity contribution in [2.24, 2.45) is 0 Å². The lowest BCUT2D eigenvalue weighted by Crippen LogP contribution is -2.37. The van der Waals surface area contributed by atoms with Crippen molar-refractivity contribution in [3.63, 3.8) is 0 Å². The molecule has 23 heavy (non-hydrogen) atoms. The summed E-state index contributed by atoms with van der Waals surface area (Å²) >= 11 is 0. The first-order valence-electron chi connectivity index (χ1n) is 7.09. The lowest BCUT2D eigenvalue weighted by molar-refractivity contribution is -0.137. The van der Waals surface area contributed by atoms with E-state index in [4.69, 9.17) is 9.84 Å². The first kappa shape index (κ1) is 18.4. The Hall–Kier alpha value is -2.64. The van der Waals surface area contributed by atoms with E-state index < -0.39 is 23.6 Å². The average molecular weight is 323 g/mol. The molecule has 8 heteroatoms. The molecule has 0 aromatic carbocycles. The van der Waals surface area contributed by atoms with Gasteiger partial charge >= 0.3 is 12.1 Å². The summed E-state index contributed by atoms with van der Waals surface area (Å²) in [5, 5.41) is 13.7. The Morgan fingerprint density at radius 3 is 2.61 bits per heavy atom. The van der Waals surface area contributed by atoms with Crippen LogP contribution < -0.4 is 10.6 Å². The van der Waals surface area contributed by atoms with Crippen LogP contribution >= 0.6 is 0 Å². The standard InChI is InChI=1S/C15H21N3O5/c1-15(2,3)23-14(22)17-9-12(19)18-11-6-7-16-8-10(11)4-5-13(20)21/h6-8H,4-5,9H2,1-3H3,(H,17,22)(H,20,21)(H,16,18,19). The predicted octanol–water partition coefficient (Wildman–Crippen LogP) is 1.56. The van der Waals surface area contributed by atoms with Gasteiger partial charge in [-0.3, -0.25) is 14.6 Å². The number of nitrogens with one attached hydrogen (secondary N) is 2. The van der Waals surface area contributed by atoms with Crippen LogP contribution in [-0.2, 0) is 20.7 Å². The topological polar surface area (TPSA) is 118 Å². The number of amides is 2. The second kappa shape index (κ2) is 8.11. The van der Waals surface area contributed by atoms with Crippen molar-refractivity contribution < 1.29 is 24.2 Å². The minimum atomic E-state index is -0.933. The van der Waals surface area contributed by atoms with Crippen LogP contribution in [-0.4, -0.2) is 40.2 Å². The molecule has 3 N–H and O–H groups in total. The molecule has 1 aromatic heterocycles. The fraction of sp³-hybridized carbons (Fsp3) is 0.467. The second-order valence-corrected chi connectivity index (χ2v) is 5.83. The zero-order valence-electron chi connectivity index (χ0n) is 13.4. The monoisotopic (exact) mass is 323 g/mol. The van der Waals surface area contributed by atoms with E-state index in [2.05, 4.69) is 15.6 Å². The lowest BCUT2D eigenvalue weighted by atomic mass is 10.1. The van der Waals surface area contributed by atoms with Gasteiger partial charge in [-0.2, -0.15) is 0 Å². The number of hydrogen-bond donors (Lipinski definition) is 3. The predicted molar refractivity (Wildman–Crippen MR) is 83.1 cm³/mol. The van der Waals surface area contributed by atoms with Crippen LogP contribution in [0.1, 0.15) is 32.8 Å². The maximum atomic E-state index is 11.9. The first-order valence-corrected chi connectivity index (χ1v) is 7.09. The lowest BCUT2D eigenvalue weighted by Gasteiger charge is -2.19. The summed E-state index contributed by atoms with van der Waals surface area (Å²) in [5.74, 6) is -1.38. The van der Waals surface area contributed by atoms with E-state index in [0.29, 0.717) is 11.3 Å². The Balaban J connectivity index is 2.54. The molecule has 0 aliphatic heterocycles. The molecule has 0 saturated carbocycles. The number of aliphatic carboxylic acids is 1. The number of alkyl carbamates (subject to hydrolysis) is 1. The van der Waals surface area contributed by atoms with Gasteiger partial charge < -0.3 is 20.5 Å². The summed E-state index contributed by atoms with van der Waals surface area (Å²) in [6, 6.07) is 1.57. The molecule has 1 heterocycles. The number of aryl methyl sites for hydroxylation is 1. The molecule has 0 aliphatic rings. The van der Waals surface area contributed by atoms with Gasteiger partial charge in [0.25, 0.3) is 0 Å². The summed E-state index contributed by atoms with van der Waals surface area (Å²) in [5.41, 5.74) is 0.438. The molecule has 8 nitrogen and oxygen atoms in total. The summed E-state index contributed by atoms with van der Waals surface area (Å²) < 4.78 is 5.02. The van der Waals surface area contributed by atoms with Crippen LogP contribution in [0.25, 0.3) is 0 Å². The van der Waals surface area contributed by atoms with Gasteiger partial charge in [-0.05, 0) is 38.8 Å². The number of ether oxygens (including phenoxy) is 1. The van der Waals surface area contributed by atoms with Crippen molar-refractivity contribution >= 4 is 23.7 Å². The Bertz CT molecular complexity index is 581. The maximum absolute atomic E-state index is 11.9. The number of anilines is 1. The summed E-state index contributed by atoms with van der Waals surface area (Å²) in [6.07, 6.45) is 2.48. The van der Waals surface area contributed by atoms with Gasteiger partial charge in [0.2, 0.25) is 5.91 Å². The number of carboxylic acid groups (broad SMARTS) is 1. The highest BCUT2D eigenvalue weighted by atomic mass is 16.6. The number of rotatable bonds is 6. The third-order valence-corrected chi connectivity index (χ3v) is 2.58. The van der Waals surface area contributed by atoms with E-state index in [-0.39, 0.29) is 19.4 Å². The van der Waals surface area contributed by atoms with Crippen LogP contribution in [0.3, 0.4) is 0 Å². The number of nitrogens with zero attached hydrogens (tertiary/aromatic N) is 1. The van der Waals surface area contributed by atoms with Crippen molar-refractivity contribution in [2.45, 2.75) is 39.2 Å². The fourth-order valence-corrected chi connectivity index (χ4v) is 1.65. The van der Waals surface area contributed by atoms with Gasteiger partial charge in [-0.25, -0.2) is 4.79 Å². The highest BCUT2D eigenvalue weighted by Crippen LogP contribution is 2.15. The third kappa shape index (κ3) is 7.79. The highest BCUT2D eigenvalue weighted by molar-refractivity contribution is 5.94. The van der Waals surface area contributed by atoms with E-state index in [1.807, 2.05) is 0 Å². The Morgan fingerprint density at radius 2 is 2.00 bits per heavy atom. The quantitative estimate of drug-likeness (QED) is 0.731. The number of carbonyl (C=O) groups is 3. The van der Waals surface area contributed by atoms with Crippen LogP contribution in [0.15, 0.2) is 18.5 Å². The molecular formula is C15H21N3O5. The molecule has 0 atom stereocenters. The van der Waals surface area contributed by atoms with Crippen molar-refractivity contribution in [1.82, 2.24) is 10.3 Å². The molecule has 1 rings (SSSR count). The summed E-state index contributed by atoms with van der Waals surface area (Å²) in [6.45, 7) is 4.91. The molecular weight excluding hydrogens is 302 g/mol. The molecule has 1 aromatic rings. The van der Waals surface area contributed by atoms with E-state index in [9.17, 15) is 14.4 Å². The fourth-order valence-electron chi connectivity index (χ4n) is 1.65. The minimum absolute atomic E-state index is 0.0648. The molecule has 2 amide bonds. The molecule has 0 saturated heterocycles. The molecule has 0 bridgehead atoms. The number of carboxylic acids is 1. The summed E-state index contributed by atoms with van der Waals surface area (Å²) in [4.78, 5) is 37.9. The van der Waals surface area contributed by atoms with Gasteiger partial charge in [0.15, 0.2) is 0 Å². The second-order valence-electron chi connectivity index (χ2n) is 5.83.